The number of benzene rings is 1. The molecule has 4 nitrogen and oxygen atoms in total. The van der Waals surface area contributed by atoms with Crippen molar-refractivity contribution in [2.45, 2.75) is 13.8 Å². The molecule has 1 heterocycles. The minimum Gasteiger partial charge on any atom is -0.284 e. The van der Waals surface area contributed by atoms with Crippen LogP contribution in [0.1, 0.15) is 11.1 Å². The third-order valence-corrected chi connectivity index (χ3v) is 2.66. The van der Waals surface area contributed by atoms with Gasteiger partial charge in [0, 0.05) is 5.69 Å². The number of hydrogen-bond donors (Lipinski definition) is 1. The van der Waals surface area contributed by atoms with Crippen LogP contribution in [0.4, 0.5) is 10.5 Å². The van der Waals surface area contributed by atoms with Crippen molar-refractivity contribution in [2.75, 3.05) is 11.4 Å². The van der Waals surface area contributed by atoms with Crippen LogP contribution >= 0.6 is 0 Å². The molecule has 15 heavy (non-hydrogen) atoms. The minimum absolute atomic E-state index is 0.114. The van der Waals surface area contributed by atoms with Crippen LogP contribution in [0.25, 0.3) is 0 Å². The normalized spacial score (nSPS) is 15.7. The van der Waals surface area contributed by atoms with Gasteiger partial charge in [0.25, 0.3) is 0 Å². The lowest BCUT2D eigenvalue weighted by atomic mass is 10.1. The number of nitrogens with zero attached hydrogens (tertiary/aromatic N) is 1. The largest absolute Gasteiger partial charge is 0.329 e. The summed E-state index contributed by atoms with van der Waals surface area (Å²) >= 11 is 0. The van der Waals surface area contributed by atoms with E-state index in [1.807, 2.05) is 32.0 Å². The van der Waals surface area contributed by atoms with E-state index in [9.17, 15) is 9.59 Å². The smallest absolute Gasteiger partial charge is 0.284 e. The number of urea groups is 1. The Bertz CT molecular complexity index is 440. The van der Waals surface area contributed by atoms with Crippen molar-refractivity contribution in [2.24, 2.45) is 0 Å². The van der Waals surface area contributed by atoms with Gasteiger partial charge in [0.05, 0.1) is 0 Å². The quantitative estimate of drug-likeness (QED) is 0.702. The summed E-state index contributed by atoms with van der Waals surface area (Å²) in [7, 11) is 0. The second-order valence-electron chi connectivity index (χ2n) is 3.66. The van der Waals surface area contributed by atoms with Crippen LogP contribution < -0.4 is 10.2 Å². The molecule has 1 saturated heterocycles. The number of rotatable bonds is 1. The predicted molar refractivity (Wildman–Crippen MR) is 56.8 cm³/mol. The van der Waals surface area contributed by atoms with Crippen LogP contribution in [0.5, 0.6) is 0 Å². The van der Waals surface area contributed by atoms with E-state index in [0.717, 1.165) is 16.8 Å². The monoisotopic (exact) mass is 204 g/mol. The molecular formula is C11H12N2O2. The highest BCUT2D eigenvalue weighted by atomic mass is 16.2. The lowest BCUT2D eigenvalue weighted by molar-refractivity contribution is -0.117. The summed E-state index contributed by atoms with van der Waals surface area (Å²) in [5.74, 6) is -0.249. The summed E-state index contributed by atoms with van der Waals surface area (Å²) in [5.41, 5.74) is 2.94. The van der Waals surface area contributed by atoms with Gasteiger partial charge in [-0.2, -0.15) is 0 Å². The highest BCUT2D eigenvalue weighted by Crippen LogP contribution is 2.23. The van der Waals surface area contributed by atoms with Gasteiger partial charge in [0.15, 0.2) is 0 Å². The van der Waals surface area contributed by atoms with Gasteiger partial charge in [-0.05, 0) is 31.0 Å². The zero-order valence-electron chi connectivity index (χ0n) is 8.70. The number of anilines is 1. The molecule has 0 spiro atoms. The van der Waals surface area contributed by atoms with Crippen molar-refractivity contribution < 1.29 is 9.59 Å². The lowest BCUT2D eigenvalue weighted by Gasteiger charge is -2.17. The van der Waals surface area contributed by atoms with E-state index in [4.69, 9.17) is 0 Å². The van der Waals surface area contributed by atoms with Crippen LogP contribution in [0.15, 0.2) is 18.2 Å². The lowest BCUT2D eigenvalue weighted by Crippen LogP contribution is -2.28. The predicted octanol–water partition coefficient (Wildman–Crippen LogP) is 1.36. The number of aryl methyl sites for hydroxylation is 1. The first kappa shape index (κ1) is 9.71. The van der Waals surface area contributed by atoms with E-state index in [2.05, 4.69) is 5.32 Å². The first-order chi connectivity index (χ1) is 7.09. The zero-order chi connectivity index (χ0) is 11.0. The molecule has 2 rings (SSSR count). The van der Waals surface area contributed by atoms with Gasteiger partial charge in [0.2, 0.25) is 5.91 Å². The number of carbonyl (C=O) groups excluding carboxylic acids is 2. The van der Waals surface area contributed by atoms with Crippen molar-refractivity contribution in [1.82, 2.24) is 5.32 Å². The van der Waals surface area contributed by atoms with Gasteiger partial charge in [-0.1, -0.05) is 12.1 Å². The van der Waals surface area contributed by atoms with Gasteiger partial charge in [0.1, 0.15) is 6.54 Å². The second-order valence-corrected chi connectivity index (χ2v) is 3.66. The molecular weight excluding hydrogens is 192 g/mol. The van der Waals surface area contributed by atoms with E-state index in [1.165, 1.54) is 4.90 Å². The molecule has 0 aromatic heterocycles. The summed E-state index contributed by atoms with van der Waals surface area (Å²) in [6.45, 7) is 4.04. The van der Waals surface area contributed by atoms with Crippen LogP contribution in [0, 0.1) is 13.8 Å². The SMILES string of the molecule is Cc1cccc(N2CC(=O)NC2=O)c1C. The molecule has 1 aromatic rings. The van der Waals surface area contributed by atoms with Crippen molar-refractivity contribution in [3.8, 4) is 0 Å². The van der Waals surface area contributed by atoms with Crippen LogP contribution in [0.2, 0.25) is 0 Å². The third kappa shape index (κ3) is 1.58. The molecule has 0 atom stereocenters. The summed E-state index contributed by atoms with van der Waals surface area (Å²) in [6.07, 6.45) is 0. The fourth-order valence-electron chi connectivity index (χ4n) is 1.66. The average Bonchev–Trinajstić information content (AvgIpc) is 2.50. The fourth-order valence-corrected chi connectivity index (χ4v) is 1.66. The summed E-state index contributed by atoms with van der Waals surface area (Å²) in [4.78, 5) is 24.0. The number of amides is 3. The van der Waals surface area contributed by atoms with Crippen molar-refractivity contribution in [3.63, 3.8) is 0 Å². The number of carbonyl (C=O) groups is 2. The molecule has 0 radical (unpaired) electrons. The molecule has 1 fully saturated rings. The van der Waals surface area contributed by atoms with Crippen LogP contribution in [0.3, 0.4) is 0 Å². The fraction of sp³-hybridized carbons (Fsp3) is 0.273. The molecule has 1 aliphatic rings. The molecule has 0 bridgehead atoms. The van der Waals surface area contributed by atoms with E-state index in [0.29, 0.717) is 0 Å². The molecule has 1 N–H and O–H groups in total. The second kappa shape index (κ2) is 3.38. The number of nitrogens with one attached hydrogen (secondary N) is 1. The molecule has 1 aliphatic heterocycles. The highest BCUT2D eigenvalue weighted by molar-refractivity contribution is 6.12. The Labute approximate surface area is 87.9 Å². The topological polar surface area (TPSA) is 49.4 Å². The maximum absolute atomic E-state index is 11.4. The standard InChI is InChI=1S/C11H12N2O2/c1-7-4-3-5-9(8(7)2)13-6-10(14)12-11(13)15/h3-5H,6H2,1-2H3,(H,12,14,15). The maximum Gasteiger partial charge on any atom is 0.329 e. The zero-order valence-corrected chi connectivity index (χ0v) is 8.70. The van der Waals surface area contributed by atoms with Gasteiger partial charge in [-0.3, -0.25) is 15.0 Å². The van der Waals surface area contributed by atoms with Crippen molar-refractivity contribution in [3.05, 3.63) is 29.3 Å². The first-order valence-electron chi connectivity index (χ1n) is 4.77. The van der Waals surface area contributed by atoms with Crippen molar-refractivity contribution >= 4 is 17.6 Å². The Morgan fingerprint density at radius 3 is 2.60 bits per heavy atom. The van der Waals surface area contributed by atoms with Crippen molar-refractivity contribution in [1.29, 1.82) is 0 Å². The average molecular weight is 204 g/mol. The molecule has 0 saturated carbocycles. The maximum atomic E-state index is 11.4. The molecule has 4 heteroatoms. The Hall–Kier alpha value is -1.84. The Balaban J connectivity index is 2.42. The van der Waals surface area contributed by atoms with Crippen LogP contribution in [-0.4, -0.2) is 18.5 Å². The van der Waals surface area contributed by atoms with E-state index in [1.54, 1.807) is 0 Å². The summed E-state index contributed by atoms with van der Waals surface area (Å²) < 4.78 is 0. The van der Waals surface area contributed by atoms with Crippen LogP contribution in [-0.2, 0) is 4.79 Å². The molecule has 0 aliphatic carbocycles. The first-order valence-corrected chi connectivity index (χ1v) is 4.77. The molecule has 1 aromatic carbocycles. The Morgan fingerprint density at radius 1 is 1.27 bits per heavy atom. The molecule has 3 amide bonds. The van der Waals surface area contributed by atoms with Gasteiger partial charge < -0.3 is 0 Å². The highest BCUT2D eigenvalue weighted by Gasteiger charge is 2.28. The van der Waals surface area contributed by atoms with Gasteiger partial charge in [-0.15, -0.1) is 0 Å². The summed E-state index contributed by atoms with van der Waals surface area (Å²) in [6, 6.07) is 5.37. The molecule has 0 unspecified atom stereocenters. The van der Waals surface area contributed by atoms with Gasteiger partial charge in [-0.25, -0.2) is 4.79 Å². The van der Waals surface area contributed by atoms with E-state index in [-0.39, 0.29) is 18.5 Å². The summed E-state index contributed by atoms with van der Waals surface area (Å²) in [5, 5.41) is 2.26. The van der Waals surface area contributed by atoms with Gasteiger partial charge >= 0.3 is 6.03 Å². The Kier molecular flexibility index (Phi) is 2.19. The van der Waals surface area contributed by atoms with E-state index < -0.39 is 0 Å². The number of hydrogen-bond acceptors (Lipinski definition) is 2. The minimum atomic E-state index is -0.339. The Morgan fingerprint density at radius 2 is 2.00 bits per heavy atom. The van der Waals surface area contributed by atoms with E-state index >= 15 is 0 Å². The molecule has 78 valence electrons. The third-order valence-electron chi connectivity index (χ3n) is 2.66. The number of imide groups is 1.